The number of carbonyl (C=O) groups excluding carboxylic acids is 3. The van der Waals surface area contributed by atoms with Crippen LogP contribution in [-0.4, -0.2) is 76.1 Å². The normalized spacial score (nSPS) is 29.1. The molecule has 244 valence electrons. The lowest BCUT2D eigenvalue weighted by atomic mass is 9.51. The highest BCUT2D eigenvalue weighted by molar-refractivity contribution is 5.94. The van der Waals surface area contributed by atoms with Crippen molar-refractivity contribution in [2.24, 2.45) is 29.6 Å². The number of likely N-dealkylation sites (tertiary alicyclic amines) is 1. The second-order valence-corrected chi connectivity index (χ2v) is 14.4. The third-order valence-corrected chi connectivity index (χ3v) is 11.6. The van der Waals surface area contributed by atoms with Gasteiger partial charge in [0, 0.05) is 31.2 Å². The van der Waals surface area contributed by atoms with Gasteiger partial charge in [0.1, 0.15) is 11.6 Å². The number of hydrogen-bond acceptors (Lipinski definition) is 5. The van der Waals surface area contributed by atoms with E-state index in [1.54, 1.807) is 11.8 Å². The molecule has 4 bridgehead atoms. The highest BCUT2D eigenvalue weighted by Gasteiger charge is 2.54. The van der Waals surface area contributed by atoms with Crippen LogP contribution in [0.1, 0.15) is 57.4 Å². The molecule has 2 atom stereocenters. The smallest absolute Gasteiger partial charge is 0.328 e. The number of nitrogens with one attached hydrogen (secondary N) is 2. The summed E-state index contributed by atoms with van der Waals surface area (Å²) in [7, 11) is 0. The largest absolute Gasteiger partial charge is 0.480 e. The van der Waals surface area contributed by atoms with E-state index in [-0.39, 0.29) is 23.8 Å². The first-order valence-electron chi connectivity index (χ1n) is 17.0. The molecule has 2 unspecified atom stereocenters. The number of rotatable bonds is 8. The number of para-hydroxylation sites is 1. The average molecular weight is 628 g/mol. The molecule has 4 saturated carbocycles. The van der Waals surface area contributed by atoms with Crippen molar-refractivity contribution < 1.29 is 24.3 Å². The molecule has 1 spiro atoms. The molecule has 0 aromatic heterocycles. The second-order valence-electron chi connectivity index (χ2n) is 14.4. The van der Waals surface area contributed by atoms with Crippen LogP contribution in [0.5, 0.6) is 0 Å². The zero-order chi connectivity index (χ0) is 32.0. The zero-order valence-corrected chi connectivity index (χ0v) is 26.5. The number of carboxylic acid groups (broad SMARTS) is 1. The van der Waals surface area contributed by atoms with Crippen LogP contribution in [-0.2, 0) is 20.9 Å². The Morgan fingerprint density at radius 2 is 1.46 bits per heavy atom. The lowest BCUT2D eigenvalue weighted by Gasteiger charge is -2.53. The van der Waals surface area contributed by atoms with Crippen LogP contribution in [0.2, 0.25) is 0 Å². The van der Waals surface area contributed by atoms with E-state index < -0.39 is 23.6 Å². The average Bonchev–Trinajstić information content (AvgIpc) is 3.30. The molecule has 10 nitrogen and oxygen atoms in total. The number of nitrogens with zero attached hydrogens (tertiary/aromatic N) is 3. The van der Waals surface area contributed by atoms with Gasteiger partial charge in [0.05, 0.1) is 12.7 Å². The Kier molecular flexibility index (Phi) is 8.15. The van der Waals surface area contributed by atoms with Gasteiger partial charge < -0.3 is 30.4 Å². The highest BCUT2D eigenvalue weighted by atomic mass is 16.4. The van der Waals surface area contributed by atoms with Gasteiger partial charge in [-0.25, -0.2) is 9.59 Å². The molecule has 4 amide bonds. The molecular weight excluding hydrogens is 582 g/mol. The Morgan fingerprint density at radius 3 is 2.04 bits per heavy atom. The predicted molar refractivity (Wildman–Crippen MR) is 172 cm³/mol. The number of benzene rings is 2. The van der Waals surface area contributed by atoms with Crippen LogP contribution in [0, 0.1) is 29.6 Å². The minimum Gasteiger partial charge on any atom is -0.480 e. The topological polar surface area (TPSA) is 122 Å². The summed E-state index contributed by atoms with van der Waals surface area (Å²) in [6, 6.07) is 17.5. The monoisotopic (exact) mass is 627 g/mol. The maximum atomic E-state index is 14.1. The summed E-state index contributed by atoms with van der Waals surface area (Å²) in [6.07, 6.45) is 6.47. The summed E-state index contributed by atoms with van der Waals surface area (Å²) in [5.74, 6) is 0.715. The maximum Gasteiger partial charge on any atom is 0.328 e. The van der Waals surface area contributed by atoms with Crippen molar-refractivity contribution >= 4 is 29.5 Å². The predicted octanol–water partition coefficient (Wildman–Crippen LogP) is 4.07. The summed E-state index contributed by atoms with van der Waals surface area (Å²) in [5.41, 5.74) is 1.27. The van der Waals surface area contributed by atoms with Crippen LogP contribution in [0.3, 0.4) is 0 Å². The van der Waals surface area contributed by atoms with E-state index >= 15 is 0 Å². The summed E-state index contributed by atoms with van der Waals surface area (Å²) in [5, 5.41) is 15.8. The number of urea groups is 1. The molecule has 2 aromatic carbocycles. The van der Waals surface area contributed by atoms with Crippen LogP contribution >= 0.6 is 0 Å². The summed E-state index contributed by atoms with van der Waals surface area (Å²) >= 11 is 0. The Balaban J connectivity index is 0.995. The molecule has 2 aromatic rings. The molecule has 8 rings (SSSR count). The summed E-state index contributed by atoms with van der Waals surface area (Å²) < 4.78 is 0. The first-order valence-corrected chi connectivity index (χ1v) is 17.0. The van der Waals surface area contributed by atoms with E-state index in [0.29, 0.717) is 51.0 Å². The SMILES string of the molecule is CC(NC(=O)N1CCC2(CC1)C(=O)N(Cc1ccccc1)CN2c1ccccc1)C(NC(=O)C1C2CC3CC(C2)CC1C3)C(=O)O. The number of carboxylic acids is 1. The molecule has 0 radical (unpaired) electrons. The van der Waals surface area contributed by atoms with E-state index in [1.165, 1.54) is 6.42 Å². The molecule has 10 heteroatoms. The third kappa shape index (κ3) is 5.60. The van der Waals surface area contributed by atoms with Crippen molar-refractivity contribution in [2.75, 3.05) is 24.7 Å². The molecule has 2 saturated heterocycles. The molecule has 2 aliphatic heterocycles. The van der Waals surface area contributed by atoms with Gasteiger partial charge in [-0.05, 0) is 93.2 Å². The first-order chi connectivity index (χ1) is 22.2. The van der Waals surface area contributed by atoms with Crippen molar-refractivity contribution in [2.45, 2.75) is 76.0 Å². The lowest BCUT2D eigenvalue weighted by molar-refractivity contribution is -0.147. The number of anilines is 1. The molecule has 46 heavy (non-hydrogen) atoms. The van der Waals surface area contributed by atoms with Crippen LogP contribution in [0.4, 0.5) is 10.5 Å². The molecule has 2 heterocycles. The Labute approximate surface area is 270 Å². The van der Waals surface area contributed by atoms with Gasteiger partial charge in [-0.1, -0.05) is 48.5 Å². The van der Waals surface area contributed by atoms with Crippen LogP contribution in [0.15, 0.2) is 60.7 Å². The molecule has 6 aliphatic rings. The number of carbonyl (C=O) groups is 4. The standard InChI is InChI=1S/C36H45N5O5/c1-23(31(33(43)44)38-32(42)30-27-17-25-16-26(19-27)20-28(30)18-25)37-35(46)39-14-12-36(13-15-39)34(45)40(21-24-8-4-2-5-9-24)22-41(36)29-10-6-3-7-11-29/h2-11,23,25-28,30-31H,12-22H2,1H3,(H,37,46)(H,38,42)(H,43,44). The molecule has 6 fully saturated rings. The van der Waals surface area contributed by atoms with Crippen molar-refractivity contribution in [1.82, 2.24) is 20.4 Å². The van der Waals surface area contributed by atoms with Crippen molar-refractivity contribution in [3.8, 4) is 0 Å². The van der Waals surface area contributed by atoms with Gasteiger partial charge >= 0.3 is 12.0 Å². The van der Waals surface area contributed by atoms with Crippen LogP contribution in [0.25, 0.3) is 0 Å². The van der Waals surface area contributed by atoms with Gasteiger partial charge in [0.2, 0.25) is 11.8 Å². The van der Waals surface area contributed by atoms with Crippen molar-refractivity contribution in [3.05, 3.63) is 66.2 Å². The van der Waals surface area contributed by atoms with Gasteiger partial charge in [0.15, 0.2) is 0 Å². The molecule has 3 N–H and O–H groups in total. The Morgan fingerprint density at radius 1 is 0.870 bits per heavy atom. The minimum atomic E-state index is -1.22. The second kappa shape index (κ2) is 12.3. The van der Waals surface area contributed by atoms with E-state index in [9.17, 15) is 24.3 Å². The third-order valence-electron chi connectivity index (χ3n) is 11.6. The van der Waals surface area contributed by atoms with E-state index in [2.05, 4.69) is 15.5 Å². The van der Waals surface area contributed by atoms with E-state index in [1.807, 2.05) is 65.6 Å². The number of piperidine rings is 1. The van der Waals surface area contributed by atoms with Gasteiger partial charge in [-0.2, -0.15) is 0 Å². The van der Waals surface area contributed by atoms with E-state index in [4.69, 9.17) is 0 Å². The fourth-order valence-corrected chi connectivity index (χ4v) is 9.58. The zero-order valence-electron chi connectivity index (χ0n) is 26.5. The van der Waals surface area contributed by atoms with Gasteiger partial charge in [0.25, 0.3) is 0 Å². The van der Waals surface area contributed by atoms with Gasteiger partial charge in [-0.3, -0.25) is 9.59 Å². The fourth-order valence-electron chi connectivity index (χ4n) is 9.58. The lowest BCUT2D eigenvalue weighted by Crippen LogP contribution is -2.61. The van der Waals surface area contributed by atoms with Crippen molar-refractivity contribution in [3.63, 3.8) is 0 Å². The quantitative estimate of drug-likeness (QED) is 0.406. The fraction of sp³-hybridized carbons (Fsp3) is 0.556. The number of aliphatic carboxylic acids is 1. The minimum absolute atomic E-state index is 0.0621. The van der Waals surface area contributed by atoms with Gasteiger partial charge in [-0.15, -0.1) is 0 Å². The van der Waals surface area contributed by atoms with Crippen LogP contribution < -0.4 is 15.5 Å². The number of amides is 4. The summed E-state index contributed by atoms with van der Waals surface area (Å²) in [6.45, 7) is 3.32. The number of hydrogen-bond donors (Lipinski definition) is 3. The molecule has 4 aliphatic carbocycles. The summed E-state index contributed by atoms with van der Waals surface area (Å²) in [4.78, 5) is 59.1. The Bertz CT molecular complexity index is 1430. The maximum absolute atomic E-state index is 14.1. The molecular formula is C36H45N5O5. The Hall–Kier alpha value is -4.08. The highest BCUT2D eigenvalue weighted by Crippen LogP contribution is 2.56. The van der Waals surface area contributed by atoms with Crippen molar-refractivity contribution in [1.29, 1.82) is 0 Å². The van der Waals surface area contributed by atoms with E-state index in [0.717, 1.165) is 48.8 Å². The first kappa shape index (κ1) is 30.6.